The van der Waals surface area contributed by atoms with Gasteiger partial charge in [0.15, 0.2) is 0 Å². The van der Waals surface area contributed by atoms with Crippen LogP contribution in [0.3, 0.4) is 0 Å². The van der Waals surface area contributed by atoms with Crippen LogP contribution in [-0.2, 0) is 9.59 Å². The second-order valence-corrected chi connectivity index (χ2v) is 4.13. The molecule has 16 heavy (non-hydrogen) atoms. The van der Waals surface area contributed by atoms with Crippen LogP contribution in [0.5, 0.6) is 0 Å². The number of hydrogen-bond donors (Lipinski definition) is 2. The van der Waals surface area contributed by atoms with Gasteiger partial charge in [0.2, 0.25) is 5.91 Å². The van der Waals surface area contributed by atoms with E-state index in [4.69, 9.17) is 5.11 Å². The normalized spacial score (nSPS) is 12.9. The molecule has 1 atom stereocenters. The van der Waals surface area contributed by atoms with Gasteiger partial charge in [-0.3, -0.25) is 14.5 Å². The number of carbonyl (C=O) groups is 2. The second kappa shape index (κ2) is 7.22. The molecular formula is C11H22N2O3. The maximum Gasteiger partial charge on any atom is 0.317 e. The number of carbonyl (C=O) groups excluding carboxylic acids is 1. The molecule has 1 unspecified atom stereocenters. The van der Waals surface area contributed by atoms with Gasteiger partial charge in [0, 0.05) is 12.6 Å². The minimum Gasteiger partial charge on any atom is -0.480 e. The van der Waals surface area contributed by atoms with Crippen LogP contribution in [0.4, 0.5) is 0 Å². The summed E-state index contributed by atoms with van der Waals surface area (Å²) in [6.07, 6.45) is 0.874. The van der Waals surface area contributed by atoms with E-state index in [1.54, 1.807) is 11.8 Å². The van der Waals surface area contributed by atoms with E-state index >= 15 is 0 Å². The van der Waals surface area contributed by atoms with Crippen molar-refractivity contribution < 1.29 is 14.7 Å². The van der Waals surface area contributed by atoms with Crippen LogP contribution in [0.2, 0.25) is 0 Å². The van der Waals surface area contributed by atoms with Crippen LogP contribution < -0.4 is 5.32 Å². The molecule has 94 valence electrons. The van der Waals surface area contributed by atoms with Crippen molar-refractivity contribution in [3.63, 3.8) is 0 Å². The van der Waals surface area contributed by atoms with E-state index in [-0.39, 0.29) is 18.5 Å². The largest absolute Gasteiger partial charge is 0.480 e. The third-order valence-corrected chi connectivity index (χ3v) is 2.41. The molecular weight excluding hydrogens is 208 g/mol. The lowest BCUT2D eigenvalue weighted by Gasteiger charge is -2.30. The van der Waals surface area contributed by atoms with Crippen LogP contribution in [0.15, 0.2) is 0 Å². The zero-order valence-corrected chi connectivity index (χ0v) is 10.5. The SMILES string of the molecule is CCCNC(=O)C(C)N(CC(=O)O)C(C)C. The molecule has 2 N–H and O–H groups in total. The highest BCUT2D eigenvalue weighted by Gasteiger charge is 2.24. The number of nitrogens with zero attached hydrogens (tertiary/aromatic N) is 1. The Morgan fingerprint density at radius 1 is 1.31 bits per heavy atom. The molecule has 0 aromatic heterocycles. The molecule has 0 rings (SSSR count). The molecule has 0 heterocycles. The molecule has 0 radical (unpaired) electrons. The van der Waals surface area contributed by atoms with E-state index in [0.717, 1.165) is 6.42 Å². The van der Waals surface area contributed by atoms with Crippen molar-refractivity contribution in [3.05, 3.63) is 0 Å². The first-order valence-electron chi connectivity index (χ1n) is 5.65. The van der Waals surface area contributed by atoms with Gasteiger partial charge in [-0.25, -0.2) is 0 Å². The Morgan fingerprint density at radius 3 is 2.25 bits per heavy atom. The minimum absolute atomic E-state index is 0.0264. The number of hydrogen-bond acceptors (Lipinski definition) is 3. The molecule has 5 heteroatoms. The Kier molecular flexibility index (Phi) is 6.72. The molecule has 0 fully saturated rings. The lowest BCUT2D eigenvalue weighted by Crippen LogP contribution is -2.50. The van der Waals surface area contributed by atoms with Gasteiger partial charge in [0.05, 0.1) is 12.6 Å². The molecule has 5 nitrogen and oxygen atoms in total. The van der Waals surface area contributed by atoms with Crippen LogP contribution in [-0.4, -0.2) is 47.1 Å². The van der Waals surface area contributed by atoms with E-state index in [0.29, 0.717) is 6.54 Å². The smallest absolute Gasteiger partial charge is 0.317 e. The van der Waals surface area contributed by atoms with E-state index in [9.17, 15) is 9.59 Å². The van der Waals surface area contributed by atoms with E-state index in [1.807, 2.05) is 20.8 Å². The highest BCUT2D eigenvalue weighted by molar-refractivity contribution is 5.82. The van der Waals surface area contributed by atoms with Gasteiger partial charge in [-0.1, -0.05) is 6.92 Å². The number of nitrogens with one attached hydrogen (secondary N) is 1. The zero-order chi connectivity index (χ0) is 12.7. The maximum atomic E-state index is 11.7. The van der Waals surface area contributed by atoms with Crippen LogP contribution >= 0.6 is 0 Å². The Bertz CT molecular complexity index is 241. The summed E-state index contributed by atoms with van der Waals surface area (Å²) in [4.78, 5) is 24.0. The quantitative estimate of drug-likeness (QED) is 0.675. The number of rotatable bonds is 7. The lowest BCUT2D eigenvalue weighted by molar-refractivity contribution is -0.140. The summed E-state index contributed by atoms with van der Waals surface area (Å²) in [7, 11) is 0. The summed E-state index contributed by atoms with van der Waals surface area (Å²) < 4.78 is 0. The van der Waals surface area contributed by atoms with Crippen LogP contribution in [0, 0.1) is 0 Å². The number of aliphatic carboxylic acids is 1. The fourth-order valence-corrected chi connectivity index (χ4v) is 1.47. The molecule has 0 aromatic rings. The Labute approximate surface area is 96.8 Å². The fraction of sp³-hybridized carbons (Fsp3) is 0.818. The third-order valence-electron chi connectivity index (χ3n) is 2.41. The zero-order valence-electron chi connectivity index (χ0n) is 10.5. The van der Waals surface area contributed by atoms with Gasteiger partial charge < -0.3 is 10.4 Å². The Balaban J connectivity index is 4.41. The van der Waals surface area contributed by atoms with Gasteiger partial charge in [-0.15, -0.1) is 0 Å². The summed E-state index contributed by atoms with van der Waals surface area (Å²) in [6, 6.07) is -0.388. The molecule has 0 saturated carbocycles. The van der Waals surface area contributed by atoms with Gasteiger partial charge in [-0.2, -0.15) is 0 Å². The first-order valence-corrected chi connectivity index (χ1v) is 5.65. The van der Waals surface area contributed by atoms with E-state index in [1.165, 1.54) is 0 Å². The molecule has 1 amide bonds. The van der Waals surface area contributed by atoms with Crippen molar-refractivity contribution in [2.45, 2.75) is 46.2 Å². The fourth-order valence-electron chi connectivity index (χ4n) is 1.47. The molecule has 0 bridgehead atoms. The number of carboxylic acid groups (broad SMARTS) is 1. The standard InChI is InChI=1S/C11H22N2O3/c1-5-6-12-11(16)9(4)13(8(2)3)7-10(14)15/h8-9H,5-7H2,1-4H3,(H,12,16)(H,14,15). The molecule has 0 aromatic carbocycles. The predicted octanol–water partition coefficient (Wildman–Crippen LogP) is 0.696. The maximum absolute atomic E-state index is 11.7. The van der Waals surface area contributed by atoms with E-state index < -0.39 is 12.0 Å². The summed E-state index contributed by atoms with van der Waals surface area (Å²) >= 11 is 0. The molecule has 0 spiro atoms. The van der Waals surface area contributed by atoms with Crippen LogP contribution in [0.25, 0.3) is 0 Å². The number of amides is 1. The van der Waals surface area contributed by atoms with Gasteiger partial charge in [0.1, 0.15) is 0 Å². The Hall–Kier alpha value is -1.10. The molecule has 0 aliphatic heterocycles. The molecule has 0 aliphatic carbocycles. The highest BCUT2D eigenvalue weighted by Crippen LogP contribution is 2.05. The monoisotopic (exact) mass is 230 g/mol. The van der Waals surface area contributed by atoms with Crippen molar-refractivity contribution >= 4 is 11.9 Å². The highest BCUT2D eigenvalue weighted by atomic mass is 16.4. The van der Waals surface area contributed by atoms with Crippen LogP contribution in [0.1, 0.15) is 34.1 Å². The summed E-state index contributed by atoms with van der Waals surface area (Å²) in [6.45, 7) is 7.98. The average molecular weight is 230 g/mol. The summed E-state index contributed by atoms with van der Waals surface area (Å²) in [5.41, 5.74) is 0. The van der Waals surface area contributed by atoms with Gasteiger partial charge in [-0.05, 0) is 27.2 Å². The average Bonchev–Trinajstić information content (AvgIpc) is 2.20. The van der Waals surface area contributed by atoms with Crippen molar-refractivity contribution in [1.82, 2.24) is 10.2 Å². The van der Waals surface area contributed by atoms with Crippen molar-refractivity contribution in [3.8, 4) is 0 Å². The van der Waals surface area contributed by atoms with Crippen molar-refractivity contribution in [2.75, 3.05) is 13.1 Å². The van der Waals surface area contributed by atoms with Gasteiger partial charge in [0.25, 0.3) is 0 Å². The number of carboxylic acids is 1. The third kappa shape index (κ3) is 5.11. The molecule has 0 saturated heterocycles. The first kappa shape index (κ1) is 14.9. The van der Waals surface area contributed by atoms with E-state index in [2.05, 4.69) is 5.32 Å². The summed E-state index contributed by atoms with van der Waals surface area (Å²) in [5.74, 6) is -1.03. The van der Waals surface area contributed by atoms with Crippen molar-refractivity contribution in [1.29, 1.82) is 0 Å². The minimum atomic E-state index is -0.913. The second-order valence-electron chi connectivity index (χ2n) is 4.13. The van der Waals surface area contributed by atoms with Crippen molar-refractivity contribution in [2.24, 2.45) is 0 Å². The lowest BCUT2D eigenvalue weighted by atomic mass is 10.2. The predicted molar refractivity (Wildman–Crippen MR) is 62.2 cm³/mol. The summed E-state index contributed by atoms with van der Waals surface area (Å²) in [5, 5.41) is 11.5. The Morgan fingerprint density at radius 2 is 1.88 bits per heavy atom. The van der Waals surface area contributed by atoms with Gasteiger partial charge >= 0.3 is 5.97 Å². The topological polar surface area (TPSA) is 69.6 Å². The first-order chi connectivity index (χ1) is 7.40. The molecule has 0 aliphatic rings.